The fourth-order valence-electron chi connectivity index (χ4n) is 2.81. The van der Waals surface area contributed by atoms with Crippen molar-refractivity contribution in [2.75, 3.05) is 18.5 Å². The first-order valence-corrected chi connectivity index (χ1v) is 9.93. The first kappa shape index (κ1) is 24.4. The SMILES string of the molecule is CCOc1cc(/C=C/c2cc[n+](C)cc2)ccc1OCC(=O)Nc1ccc(C)cc1.[I-]. The monoisotopic (exact) mass is 530 g/mol. The Morgan fingerprint density at radius 2 is 1.61 bits per heavy atom. The Morgan fingerprint density at radius 3 is 2.29 bits per heavy atom. The molecule has 3 aromatic rings. The van der Waals surface area contributed by atoms with Crippen molar-refractivity contribution in [1.29, 1.82) is 0 Å². The van der Waals surface area contributed by atoms with Gasteiger partial charge in [-0.25, -0.2) is 4.57 Å². The lowest BCUT2D eigenvalue weighted by Gasteiger charge is -2.13. The molecule has 1 heterocycles. The van der Waals surface area contributed by atoms with Gasteiger partial charge in [-0.3, -0.25) is 4.79 Å². The first-order chi connectivity index (χ1) is 14.5. The number of hydrogen-bond acceptors (Lipinski definition) is 3. The van der Waals surface area contributed by atoms with Gasteiger partial charge in [-0.2, -0.15) is 0 Å². The average Bonchev–Trinajstić information content (AvgIpc) is 2.74. The van der Waals surface area contributed by atoms with Crippen molar-refractivity contribution in [3.63, 3.8) is 0 Å². The molecular formula is C25H27IN2O3. The number of anilines is 1. The second-order valence-corrected chi connectivity index (χ2v) is 6.97. The number of halogens is 1. The minimum Gasteiger partial charge on any atom is -1.00 e. The molecule has 0 aliphatic heterocycles. The Morgan fingerprint density at radius 1 is 0.935 bits per heavy atom. The Hall–Kier alpha value is -2.87. The van der Waals surface area contributed by atoms with Crippen LogP contribution in [0.5, 0.6) is 11.5 Å². The van der Waals surface area contributed by atoms with E-state index in [0.717, 1.165) is 22.4 Å². The van der Waals surface area contributed by atoms with Crippen molar-refractivity contribution in [3.05, 3.63) is 83.7 Å². The highest BCUT2D eigenvalue weighted by Gasteiger charge is 2.09. The summed E-state index contributed by atoms with van der Waals surface area (Å²) in [4.78, 5) is 12.2. The fraction of sp³-hybridized carbons (Fsp3) is 0.200. The molecule has 0 atom stereocenters. The largest absolute Gasteiger partial charge is 1.00 e. The summed E-state index contributed by atoms with van der Waals surface area (Å²) in [5, 5.41) is 2.83. The Kier molecular flexibility index (Phi) is 9.52. The van der Waals surface area contributed by atoms with Crippen LogP contribution in [0.1, 0.15) is 23.6 Å². The molecule has 162 valence electrons. The molecule has 0 radical (unpaired) electrons. The van der Waals surface area contributed by atoms with E-state index >= 15 is 0 Å². The molecule has 3 rings (SSSR count). The fourth-order valence-corrected chi connectivity index (χ4v) is 2.81. The van der Waals surface area contributed by atoms with Crippen molar-refractivity contribution in [1.82, 2.24) is 0 Å². The maximum absolute atomic E-state index is 12.2. The molecule has 6 heteroatoms. The van der Waals surface area contributed by atoms with Crippen LogP contribution in [-0.4, -0.2) is 19.1 Å². The molecule has 0 spiro atoms. The number of aromatic nitrogens is 1. The summed E-state index contributed by atoms with van der Waals surface area (Å²) in [6.45, 7) is 4.33. The van der Waals surface area contributed by atoms with Crippen molar-refractivity contribution >= 4 is 23.7 Å². The van der Waals surface area contributed by atoms with Crippen LogP contribution in [0, 0.1) is 6.92 Å². The van der Waals surface area contributed by atoms with Gasteiger partial charge in [0.1, 0.15) is 7.05 Å². The van der Waals surface area contributed by atoms with Crippen LogP contribution in [0.15, 0.2) is 67.0 Å². The van der Waals surface area contributed by atoms with Gasteiger partial charge in [0, 0.05) is 17.8 Å². The van der Waals surface area contributed by atoms with E-state index < -0.39 is 0 Å². The molecule has 0 aliphatic carbocycles. The van der Waals surface area contributed by atoms with E-state index in [4.69, 9.17) is 9.47 Å². The molecule has 0 unspecified atom stereocenters. The zero-order valence-corrected chi connectivity index (χ0v) is 20.1. The lowest BCUT2D eigenvalue weighted by Crippen LogP contribution is -3.00. The van der Waals surface area contributed by atoms with Crippen molar-refractivity contribution in [3.8, 4) is 11.5 Å². The normalized spacial score (nSPS) is 10.4. The predicted octanol–water partition coefficient (Wildman–Crippen LogP) is 1.41. The first-order valence-electron chi connectivity index (χ1n) is 9.93. The molecule has 5 nitrogen and oxygen atoms in total. The Balaban J connectivity index is 0.00000341. The molecular weight excluding hydrogens is 503 g/mol. The maximum atomic E-state index is 12.2. The third kappa shape index (κ3) is 7.71. The van der Waals surface area contributed by atoms with Gasteiger partial charge >= 0.3 is 0 Å². The van der Waals surface area contributed by atoms with Crippen molar-refractivity contribution in [2.24, 2.45) is 7.05 Å². The summed E-state index contributed by atoms with van der Waals surface area (Å²) in [5.74, 6) is 0.935. The van der Waals surface area contributed by atoms with E-state index in [9.17, 15) is 4.79 Å². The van der Waals surface area contributed by atoms with E-state index in [1.165, 1.54) is 0 Å². The second-order valence-electron chi connectivity index (χ2n) is 6.97. The van der Waals surface area contributed by atoms with Crippen LogP contribution < -0.4 is 43.3 Å². The number of pyridine rings is 1. The topological polar surface area (TPSA) is 51.4 Å². The van der Waals surface area contributed by atoms with Crippen molar-refractivity contribution in [2.45, 2.75) is 13.8 Å². The minimum absolute atomic E-state index is 0. The number of carbonyl (C=O) groups excluding carboxylic acids is 1. The van der Waals surface area contributed by atoms with Gasteiger partial charge in [0.15, 0.2) is 30.5 Å². The third-order valence-corrected chi connectivity index (χ3v) is 4.43. The van der Waals surface area contributed by atoms with Gasteiger partial charge in [0.25, 0.3) is 5.91 Å². The van der Waals surface area contributed by atoms with Crippen LogP contribution in [0.25, 0.3) is 12.2 Å². The van der Waals surface area contributed by atoms with Gasteiger partial charge in [0.2, 0.25) is 0 Å². The number of benzene rings is 2. The second kappa shape index (κ2) is 12.1. The van der Waals surface area contributed by atoms with Crippen LogP contribution >= 0.6 is 0 Å². The zero-order valence-electron chi connectivity index (χ0n) is 18.0. The molecule has 1 N–H and O–H groups in total. The summed E-state index contributed by atoms with van der Waals surface area (Å²) < 4.78 is 13.4. The predicted molar refractivity (Wildman–Crippen MR) is 119 cm³/mol. The summed E-state index contributed by atoms with van der Waals surface area (Å²) in [6.07, 6.45) is 8.07. The van der Waals surface area contributed by atoms with Crippen molar-refractivity contribution < 1.29 is 42.8 Å². The summed E-state index contributed by atoms with van der Waals surface area (Å²) >= 11 is 0. The van der Waals surface area contributed by atoms with E-state index in [-0.39, 0.29) is 36.5 Å². The molecule has 0 saturated carbocycles. The van der Waals surface area contributed by atoms with E-state index in [1.54, 1.807) is 0 Å². The molecule has 0 saturated heterocycles. The van der Waals surface area contributed by atoms with Crippen LogP contribution in [-0.2, 0) is 11.8 Å². The number of aryl methyl sites for hydroxylation is 2. The van der Waals surface area contributed by atoms with Crippen LogP contribution in [0.2, 0.25) is 0 Å². The van der Waals surface area contributed by atoms with Crippen LogP contribution in [0.3, 0.4) is 0 Å². The van der Waals surface area contributed by atoms with E-state index in [1.807, 2.05) is 105 Å². The number of amides is 1. The van der Waals surface area contributed by atoms with E-state index in [0.29, 0.717) is 18.1 Å². The Labute approximate surface area is 200 Å². The molecule has 0 fully saturated rings. The van der Waals surface area contributed by atoms with Gasteiger partial charge in [-0.05, 0) is 49.2 Å². The summed E-state index contributed by atoms with van der Waals surface area (Å²) in [5.41, 5.74) is 3.98. The molecule has 1 aromatic heterocycles. The van der Waals surface area contributed by atoms with Crippen LogP contribution in [0.4, 0.5) is 5.69 Å². The number of carbonyl (C=O) groups is 1. The number of hydrogen-bond donors (Lipinski definition) is 1. The molecule has 1 amide bonds. The standard InChI is InChI=1S/C25H26N2O3.HI/c1-4-29-24-17-21(8-7-20-13-15-27(3)16-14-20)9-12-23(24)30-18-25(28)26-22-10-5-19(2)6-11-22;/h5-17H,4,18H2,1-3H3;1H/b8-7+;. The number of rotatable bonds is 8. The highest BCUT2D eigenvalue weighted by atomic mass is 127. The number of nitrogens with zero attached hydrogens (tertiary/aromatic N) is 1. The summed E-state index contributed by atoms with van der Waals surface area (Å²) in [6, 6.07) is 17.4. The van der Waals surface area contributed by atoms with E-state index in [2.05, 4.69) is 5.32 Å². The quantitative estimate of drug-likeness (QED) is 0.354. The number of nitrogens with one attached hydrogen (secondary N) is 1. The highest BCUT2D eigenvalue weighted by Crippen LogP contribution is 2.29. The summed E-state index contributed by atoms with van der Waals surface area (Å²) in [7, 11) is 1.99. The molecule has 31 heavy (non-hydrogen) atoms. The maximum Gasteiger partial charge on any atom is 0.262 e. The van der Waals surface area contributed by atoms with Gasteiger partial charge in [-0.1, -0.05) is 35.9 Å². The molecule has 2 aromatic carbocycles. The van der Waals surface area contributed by atoms with Gasteiger partial charge in [0.05, 0.1) is 6.61 Å². The molecule has 0 bridgehead atoms. The third-order valence-electron chi connectivity index (χ3n) is 4.43. The minimum atomic E-state index is -0.220. The highest BCUT2D eigenvalue weighted by molar-refractivity contribution is 5.91. The zero-order chi connectivity index (χ0) is 21.3. The smallest absolute Gasteiger partial charge is 0.262 e. The Bertz CT molecular complexity index is 1020. The van der Waals surface area contributed by atoms with Gasteiger partial charge < -0.3 is 38.8 Å². The number of ether oxygens (including phenoxy) is 2. The average molecular weight is 530 g/mol. The van der Waals surface area contributed by atoms with Gasteiger partial charge in [-0.15, -0.1) is 0 Å². The lowest BCUT2D eigenvalue weighted by molar-refractivity contribution is -0.671. The molecule has 0 aliphatic rings. The lowest BCUT2D eigenvalue weighted by atomic mass is 10.1.